The van der Waals surface area contributed by atoms with Crippen LogP contribution in [-0.2, 0) is 35.0 Å². The van der Waals surface area contributed by atoms with E-state index in [-0.39, 0.29) is 43.1 Å². The van der Waals surface area contributed by atoms with E-state index in [2.05, 4.69) is 10.3 Å². The maximum atomic E-state index is 14.0. The minimum Gasteiger partial charge on any atom is -0.459 e. The minimum atomic E-state index is -1.57. The lowest BCUT2D eigenvalue weighted by Crippen LogP contribution is -2.59. The van der Waals surface area contributed by atoms with E-state index < -0.39 is 71.8 Å². The van der Waals surface area contributed by atoms with Gasteiger partial charge >= 0.3 is 12.1 Å². The summed E-state index contributed by atoms with van der Waals surface area (Å²) in [6.07, 6.45) is -1.84. The molecular formula is C36H60N4O9. The summed E-state index contributed by atoms with van der Waals surface area (Å²) in [5.41, 5.74) is 5.06. The van der Waals surface area contributed by atoms with Crippen molar-refractivity contribution in [2.45, 2.75) is 147 Å². The van der Waals surface area contributed by atoms with Gasteiger partial charge in [-0.15, -0.1) is 0 Å². The molecule has 13 heteroatoms. The fourth-order valence-electron chi connectivity index (χ4n) is 8.32. The average Bonchev–Trinajstić information content (AvgIpc) is 3.29. The van der Waals surface area contributed by atoms with Crippen LogP contribution >= 0.6 is 0 Å². The van der Waals surface area contributed by atoms with Crippen molar-refractivity contribution in [2.75, 3.05) is 14.1 Å². The normalized spacial score (nSPS) is 43.6. The second-order valence-corrected chi connectivity index (χ2v) is 15.4. The van der Waals surface area contributed by atoms with Gasteiger partial charge in [-0.1, -0.05) is 27.7 Å². The van der Waals surface area contributed by atoms with Crippen molar-refractivity contribution in [3.8, 4) is 0 Å². The number of esters is 1. The van der Waals surface area contributed by atoms with E-state index in [1.54, 1.807) is 45.3 Å². The average molecular weight is 693 g/mol. The van der Waals surface area contributed by atoms with Crippen LogP contribution in [0.2, 0.25) is 0 Å². The largest absolute Gasteiger partial charge is 0.459 e. The highest BCUT2D eigenvalue weighted by atomic mass is 16.7. The maximum absolute atomic E-state index is 14.0. The summed E-state index contributed by atoms with van der Waals surface area (Å²) in [4.78, 5) is 33.3. The van der Waals surface area contributed by atoms with Crippen LogP contribution < -0.4 is 11.1 Å². The number of carbonyl (C=O) groups is 2. The Kier molecular flexibility index (Phi) is 12.8. The SMILES string of the molecule is CC[C@H]1OC(=O)[C@H](C)[C@@H](OC(=O)NCc2ccncc2)[C@H](C)[C@@H](OC2O[C@H](C)C[C@H](N(C)C)[C@H]2O)[C@](C)(O)C[C@@H](C)[C@@H]2OC1(C)[C@@H](N)[C@H]2C. The Bertz CT molecular complexity index is 1250. The van der Waals surface area contributed by atoms with Gasteiger partial charge in [0.15, 0.2) is 6.29 Å². The molecule has 3 aliphatic heterocycles. The third-order valence-corrected chi connectivity index (χ3v) is 11.2. The predicted octanol–water partition coefficient (Wildman–Crippen LogP) is 2.99. The molecule has 13 nitrogen and oxygen atoms in total. The van der Waals surface area contributed by atoms with Crippen LogP contribution in [0.4, 0.5) is 4.79 Å². The molecule has 1 amide bonds. The molecule has 4 heterocycles. The van der Waals surface area contributed by atoms with Gasteiger partial charge in [0.1, 0.15) is 23.9 Å². The number of nitrogens with zero attached hydrogens (tertiary/aromatic N) is 2. The van der Waals surface area contributed by atoms with E-state index in [0.29, 0.717) is 12.8 Å². The molecule has 15 atom stereocenters. The summed E-state index contributed by atoms with van der Waals surface area (Å²) in [6.45, 7) is 15.0. The molecule has 2 unspecified atom stereocenters. The molecule has 3 aliphatic rings. The Morgan fingerprint density at radius 2 is 1.80 bits per heavy atom. The highest BCUT2D eigenvalue weighted by molar-refractivity contribution is 5.74. The standard InChI is InChI=1S/C36H60N4O9/c1-11-26-36(8)30(37)21(4)28(49-36)19(2)17-35(7,44)31(48-33-27(41)25(40(9)10)16-20(3)45-33)22(5)29(23(6)32(42)46-26)47-34(43)39-18-24-12-14-38-15-13-24/h12-15,19-23,25-31,33,41,44H,11,16-18,37H2,1-10H3,(H,39,43)/t19-,20-,21+,22+,23-,25+,26-,27-,28+,29+,30+,31-,33?,35-,36?/m1/s1. The Morgan fingerprint density at radius 3 is 2.41 bits per heavy atom. The molecule has 0 spiro atoms. The van der Waals surface area contributed by atoms with Crippen molar-refractivity contribution in [3.63, 3.8) is 0 Å². The summed E-state index contributed by atoms with van der Waals surface area (Å²) < 4.78 is 31.7. The second-order valence-electron chi connectivity index (χ2n) is 15.4. The first-order valence-corrected chi connectivity index (χ1v) is 17.8. The number of fused-ring (bicyclic) bond motifs is 2. The first-order valence-electron chi connectivity index (χ1n) is 17.8. The number of alkyl carbamates (subject to hydrolysis) is 1. The lowest BCUT2D eigenvalue weighted by atomic mass is 9.75. The van der Waals surface area contributed by atoms with E-state index in [9.17, 15) is 19.8 Å². The smallest absolute Gasteiger partial charge is 0.407 e. The van der Waals surface area contributed by atoms with E-state index in [1.807, 2.05) is 53.6 Å². The van der Waals surface area contributed by atoms with Crippen LogP contribution in [0, 0.1) is 23.7 Å². The highest BCUT2D eigenvalue weighted by Gasteiger charge is 2.57. The van der Waals surface area contributed by atoms with Gasteiger partial charge in [-0.25, -0.2) is 4.79 Å². The number of hydrogen-bond acceptors (Lipinski definition) is 12. The van der Waals surface area contributed by atoms with Gasteiger partial charge in [0, 0.05) is 42.9 Å². The first kappa shape index (κ1) is 39.4. The number of nitrogens with two attached hydrogens (primary N) is 1. The number of ether oxygens (including phenoxy) is 5. The monoisotopic (exact) mass is 692 g/mol. The Hall–Kier alpha value is -2.39. The zero-order chi connectivity index (χ0) is 36.4. The van der Waals surface area contributed by atoms with E-state index in [4.69, 9.17) is 29.4 Å². The summed E-state index contributed by atoms with van der Waals surface area (Å²) in [6, 6.07) is 2.83. The number of amides is 1. The van der Waals surface area contributed by atoms with Crippen molar-refractivity contribution >= 4 is 12.1 Å². The van der Waals surface area contributed by atoms with Gasteiger partial charge in [0.2, 0.25) is 0 Å². The van der Waals surface area contributed by atoms with Crippen LogP contribution in [0.1, 0.15) is 80.2 Å². The van der Waals surface area contributed by atoms with Gasteiger partial charge in [0.05, 0.1) is 29.8 Å². The topological polar surface area (TPSA) is 175 Å². The van der Waals surface area contributed by atoms with Gasteiger partial charge in [-0.05, 0) is 84.7 Å². The molecule has 0 radical (unpaired) electrons. The van der Waals surface area contributed by atoms with Crippen molar-refractivity contribution in [2.24, 2.45) is 29.4 Å². The third kappa shape index (κ3) is 8.57. The quantitative estimate of drug-likeness (QED) is 0.308. The summed E-state index contributed by atoms with van der Waals surface area (Å²) in [5, 5.41) is 26.6. The number of aliphatic hydroxyl groups is 2. The number of likely N-dealkylation sites (N-methyl/N-ethyl adjacent to an activating group) is 1. The Balaban J connectivity index is 1.75. The van der Waals surface area contributed by atoms with Gasteiger partial charge < -0.3 is 49.8 Å². The zero-order valence-corrected chi connectivity index (χ0v) is 30.9. The number of carbonyl (C=O) groups excluding carboxylic acids is 2. The van der Waals surface area contributed by atoms with E-state index in [0.717, 1.165) is 5.56 Å². The summed E-state index contributed by atoms with van der Waals surface area (Å²) in [7, 11) is 3.77. The number of hydrogen-bond donors (Lipinski definition) is 4. The van der Waals surface area contributed by atoms with Gasteiger partial charge in [-0.3, -0.25) is 9.78 Å². The highest BCUT2D eigenvalue weighted by Crippen LogP contribution is 2.45. The van der Waals surface area contributed by atoms with Crippen molar-refractivity contribution in [1.82, 2.24) is 15.2 Å². The van der Waals surface area contributed by atoms with Crippen LogP contribution in [0.15, 0.2) is 24.5 Å². The van der Waals surface area contributed by atoms with Crippen LogP contribution in [0.5, 0.6) is 0 Å². The summed E-state index contributed by atoms with van der Waals surface area (Å²) >= 11 is 0. The molecule has 3 fully saturated rings. The molecule has 0 aliphatic carbocycles. The molecule has 0 saturated carbocycles. The van der Waals surface area contributed by atoms with Crippen molar-refractivity contribution in [3.05, 3.63) is 30.1 Å². The molecule has 49 heavy (non-hydrogen) atoms. The number of aromatic nitrogens is 1. The van der Waals surface area contributed by atoms with E-state index in [1.165, 1.54) is 0 Å². The molecule has 0 aromatic carbocycles. The van der Waals surface area contributed by atoms with E-state index >= 15 is 0 Å². The lowest BCUT2D eigenvalue weighted by Gasteiger charge is -2.47. The van der Waals surface area contributed by atoms with Gasteiger partial charge in [0.25, 0.3) is 0 Å². The number of nitrogens with one attached hydrogen (secondary N) is 1. The molecule has 5 N–H and O–H groups in total. The molecule has 3 saturated heterocycles. The Morgan fingerprint density at radius 1 is 1.14 bits per heavy atom. The fourth-order valence-corrected chi connectivity index (χ4v) is 8.32. The molecule has 4 rings (SSSR count). The van der Waals surface area contributed by atoms with Crippen LogP contribution in [0.25, 0.3) is 0 Å². The second kappa shape index (κ2) is 15.9. The van der Waals surface area contributed by atoms with Gasteiger partial charge in [-0.2, -0.15) is 0 Å². The molecule has 2 bridgehead atoms. The fraction of sp³-hybridized carbons (Fsp3) is 0.806. The maximum Gasteiger partial charge on any atom is 0.407 e. The molecule has 1 aromatic heterocycles. The molecule has 278 valence electrons. The number of aliphatic hydroxyl groups excluding tert-OH is 1. The van der Waals surface area contributed by atoms with Crippen LogP contribution in [-0.4, -0.2) is 112 Å². The number of rotatable bonds is 7. The van der Waals surface area contributed by atoms with Crippen molar-refractivity contribution in [1.29, 1.82) is 0 Å². The molecule has 1 aromatic rings. The third-order valence-electron chi connectivity index (χ3n) is 11.2. The van der Waals surface area contributed by atoms with Crippen molar-refractivity contribution < 1.29 is 43.5 Å². The number of pyridine rings is 1. The lowest BCUT2D eigenvalue weighted by molar-refractivity contribution is -0.299. The van der Waals surface area contributed by atoms with Crippen LogP contribution in [0.3, 0.4) is 0 Å². The number of cyclic esters (lactones) is 1. The Labute approximate surface area is 291 Å². The first-order chi connectivity index (χ1) is 22.9. The summed E-state index contributed by atoms with van der Waals surface area (Å²) in [5.74, 6) is -2.69. The molecular weight excluding hydrogens is 632 g/mol. The predicted molar refractivity (Wildman–Crippen MR) is 182 cm³/mol. The zero-order valence-electron chi connectivity index (χ0n) is 30.9. The minimum absolute atomic E-state index is 0.105.